The van der Waals surface area contributed by atoms with Crippen LogP contribution in [0.5, 0.6) is 5.75 Å². The maximum absolute atomic E-state index is 11.6. The summed E-state index contributed by atoms with van der Waals surface area (Å²) in [5.41, 5.74) is 0.616. The smallest absolute Gasteiger partial charge is 0.233 e. The van der Waals surface area contributed by atoms with Crippen molar-refractivity contribution in [2.75, 3.05) is 19.0 Å². The molecule has 2 amide bonds. The van der Waals surface area contributed by atoms with Gasteiger partial charge in [-0.2, -0.15) is 0 Å². The molecule has 2 N–H and O–H groups in total. The molecule has 0 saturated carbocycles. The summed E-state index contributed by atoms with van der Waals surface area (Å²) in [7, 11) is 1.56. The Morgan fingerprint density at radius 3 is 2.74 bits per heavy atom. The van der Waals surface area contributed by atoms with E-state index in [2.05, 4.69) is 10.6 Å². The molecule has 0 aliphatic rings. The number of rotatable bonds is 7. The van der Waals surface area contributed by atoms with Crippen LogP contribution in [0.1, 0.15) is 26.2 Å². The molecular weight excluding hydrogens is 244 g/mol. The molecule has 5 nitrogen and oxygen atoms in total. The van der Waals surface area contributed by atoms with Gasteiger partial charge in [-0.15, -0.1) is 0 Å². The Labute approximate surface area is 113 Å². The highest BCUT2D eigenvalue weighted by Crippen LogP contribution is 2.16. The molecule has 0 unspecified atom stereocenters. The predicted octanol–water partition coefficient (Wildman–Crippen LogP) is 1.94. The summed E-state index contributed by atoms with van der Waals surface area (Å²) in [4.78, 5) is 23.1. The number of unbranched alkanes of at least 4 members (excludes halogenated alkanes) is 1. The van der Waals surface area contributed by atoms with Gasteiger partial charge in [-0.05, 0) is 18.6 Å². The van der Waals surface area contributed by atoms with Gasteiger partial charge in [0, 0.05) is 18.3 Å². The summed E-state index contributed by atoms with van der Waals surface area (Å²) in [5.74, 6) is 0.0706. The zero-order chi connectivity index (χ0) is 14.1. The normalized spacial score (nSPS) is 9.79. The third kappa shape index (κ3) is 5.90. The second kappa shape index (κ2) is 8.13. The average Bonchev–Trinajstić information content (AvgIpc) is 2.39. The molecule has 19 heavy (non-hydrogen) atoms. The van der Waals surface area contributed by atoms with Gasteiger partial charge in [0.2, 0.25) is 11.8 Å². The molecule has 104 valence electrons. The summed E-state index contributed by atoms with van der Waals surface area (Å²) in [5, 5.41) is 5.36. The molecule has 0 fully saturated rings. The van der Waals surface area contributed by atoms with Crippen LogP contribution in [-0.2, 0) is 9.59 Å². The first-order valence-corrected chi connectivity index (χ1v) is 6.36. The summed E-state index contributed by atoms with van der Waals surface area (Å²) in [6.07, 6.45) is 1.76. The zero-order valence-electron chi connectivity index (χ0n) is 11.4. The second-order valence-corrected chi connectivity index (χ2v) is 4.16. The van der Waals surface area contributed by atoms with Crippen molar-refractivity contribution in [3.05, 3.63) is 24.3 Å². The summed E-state index contributed by atoms with van der Waals surface area (Å²) < 4.78 is 5.05. The fourth-order valence-corrected chi connectivity index (χ4v) is 1.52. The average molecular weight is 264 g/mol. The van der Waals surface area contributed by atoms with Crippen molar-refractivity contribution in [3.63, 3.8) is 0 Å². The largest absolute Gasteiger partial charge is 0.497 e. The van der Waals surface area contributed by atoms with Crippen LogP contribution in [0.25, 0.3) is 0 Å². The molecule has 0 heterocycles. The molecule has 1 rings (SSSR count). The number of ether oxygens (including phenoxy) is 1. The standard InChI is InChI=1S/C14H20N2O3/c1-3-4-8-15-13(17)10-14(18)16-11-6-5-7-12(9-11)19-2/h5-7,9H,3-4,8,10H2,1-2H3,(H,15,17)(H,16,18). The first-order valence-electron chi connectivity index (χ1n) is 6.36. The van der Waals surface area contributed by atoms with E-state index in [1.54, 1.807) is 31.4 Å². The van der Waals surface area contributed by atoms with Crippen molar-refractivity contribution in [2.24, 2.45) is 0 Å². The van der Waals surface area contributed by atoms with Gasteiger partial charge >= 0.3 is 0 Å². The number of anilines is 1. The van der Waals surface area contributed by atoms with Gasteiger partial charge in [0.25, 0.3) is 0 Å². The Balaban J connectivity index is 2.39. The number of amides is 2. The molecule has 0 saturated heterocycles. The SMILES string of the molecule is CCCCNC(=O)CC(=O)Nc1cccc(OC)c1. The van der Waals surface area contributed by atoms with Crippen LogP contribution < -0.4 is 15.4 Å². The van der Waals surface area contributed by atoms with E-state index in [-0.39, 0.29) is 18.2 Å². The Hall–Kier alpha value is -2.04. The number of carbonyl (C=O) groups is 2. The number of hydrogen-bond donors (Lipinski definition) is 2. The molecule has 0 bridgehead atoms. The van der Waals surface area contributed by atoms with Crippen LogP contribution in [0, 0.1) is 0 Å². The van der Waals surface area contributed by atoms with Crippen LogP contribution in [0.4, 0.5) is 5.69 Å². The predicted molar refractivity (Wildman–Crippen MR) is 74.2 cm³/mol. The Morgan fingerprint density at radius 1 is 1.26 bits per heavy atom. The van der Waals surface area contributed by atoms with E-state index in [4.69, 9.17) is 4.74 Å². The van der Waals surface area contributed by atoms with Crippen molar-refractivity contribution in [3.8, 4) is 5.75 Å². The molecule has 0 aliphatic heterocycles. The number of carbonyl (C=O) groups excluding carboxylic acids is 2. The third-order valence-electron chi connectivity index (χ3n) is 2.53. The van der Waals surface area contributed by atoms with Crippen molar-refractivity contribution in [2.45, 2.75) is 26.2 Å². The summed E-state index contributed by atoms with van der Waals surface area (Å²) in [6, 6.07) is 7.01. The van der Waals surface area contributed by atoms with Gasteiger partial charge in [-0.3, -0.25) is 9.59 Å². The summed E-state index contributed by atoms with van der Waals surface area (Å²) >= 11 is 0. The van der Waals surface area contributed by atoms with Gasteiger partial charge < -0.3 is 15.4 Å². The molecule has 0 aromatic heterocycles. The number of benzene rings is 1. The highest BCUT2D eigenvalue weighted by atomic mass is 16.5. The van der Waals surface area contributed by atoms with Gasteiger partial charge in [0.05, 0.1) is 7.11 Å². The first kappa shape index (κ1) is 15.0. The molecule has 1 aromatic carbocycles. The summed E-state index contributed by atoms with van der Waals surface area (Å²) in [6.45, 7) is 2.66. The first-order chi connectivity index (χ1) is 9.15. The zero-order valence-corrected chi connectivity index (χ0v) is 11.4. The van der Waals surface area contributed by atoms with Crippen LogP contribution in [0.15, 0.2) is 24.3 Å². The van der Waals surface area contributed by atoms with E-state index in [1.807, 2.05) is 6.92 Å². The molecular formula is C14H20N2O3. The lowest BCUT2D eigenvalue weighted by atomic mass is 10.2. The molecule has 0 aliphatic carbocycles. The van der Waals surface area contributed by atoms with Crippen molar-refractivity contribution >= 4 is 17.5 Å². The number of methoxy groups -OCH3 is 1. The molecule has 0 spiro atoms. The van der Waals surface area contributed by atoms with E-state index in [9.17, 15) is 9.59 Å². The van der Waals surface area contributed by atoms with E-state index >= 15 is 0 Å². The maximum atomic E-state index is 11.6. The molecule has 5 heteroatoms. The van der Waals surface area contributed by atoms with Crippen LogP contribution in [-0.4, -0.2) is 25.5 Å². The Bertz CT molecular complexity index is 432. The fourth-order valence-electron chi connectivity index (χ4n) is 1.52. The number of hydrogen-bond acceptors (Lipinski definition) is 3. The van der Waals surface area contributed by atoms with Gasteiger partial charge in [0.1, 0.15) is 12.2 Å². The van der Waals surface area contributed by atoms with Crippen LogP contribution >= 0.6 is 0 Å². The quantitative estimate of drug-likeness (QED) is 0.584. The van der Waals surface area contributed by atoms with E-state index in [0.29, 0.717) is 18.0 Å². The minimum absolute atomic E-state index is 0.166. The van der Waals surface area contributed by atoms with Gasteiger partial charge in [0.15, 0.2) is 0 Å². The van der Waals surface area contributed by atoms with E-state index < -0.39 is 0 Å². The lowest BCUT2D eigenvalue weighted by Crippen LogP contribution is -2.28. The molecule has 1 aromatic rings. The van der Waals surface area contributed by atoms with Crippen LogP contribution in [0.2, 0.25) is 0 Å². The monoisotopic (exact) mass is 264 g/mol. The van der Waals surface area contributed by atoms with Gasteiger partial charge in [-0.25, -0.2) is 0 Å². The Kier molecular flexibility index (Phi) is 6.43. The minimum Gasteiger partial charge on any atom is -0.497 e. The lowest BCUT2D eigenvalue weighted by Gasteiger charge is -2.07. The van der Waals surface area contributed by atoms with Gasteiger partial charge in [-0.1, -0.05) is 19.4 Å². The minimum atomic E-state index is -0.331. The highest BCUT2D eigenvalue weighted by molar-refractivity contribution is 6.03. The van der Waals surface area contributed by atoms with E-state index in [0.717, 1.165) is 12.8 Å². The third-order valence-corrected chi connectivity index (χ3v) is 2.53. The molecule has 0 radical (unpaired) electrons. The van der Waals surface area contributed by atoms with E-state index in [1.165, 1.54) is 0 Å². The topological polar surface area (TPSA) is 67.4 Å². The van der Waals surface area contributed by atoms with Crippen LogP contribution in [0.3, 0.4) is 0 Å². The van der Waals surface area contributed by atoms with Crippen molar-refractivity contribution < 1.29 is 14.3 Å². The highest BCUT2D eigenvalue weighted by Gasteiger charge is 2.09. The number of nitrogens with one attached hydrogen (secondary N) is 2. The molecule has 0 atom stereocenters. The second-order valence-electron chi connectivity index (χ2n) is 4.16. The van der Waals surface area contributed by atoms with Crippen molar-refractivity contribution in [1.29, 1.82) is 0 Å². The maximum Gasteiger partial charge on any atom is 0.233 e. The lowest BCUT2D eigenvalue weighted by molar-refractivity contribution is -0.126. The fraction of sp³-hybridized carbons (Fsp3) is 0.429. The van der Waals surface area contributed by atoms with Crippen molar-refractivity contribution in [1.82, 2.24) is 5.32 Å². The Morgan fingerprint density at radius 2 is 2.05 bits per heavy atom.